The Balaban J connectivity index is 1.69. The lowest BCUT2D eigenvalue weighted by molar-refractivity contribution is -0.0203. The van der Waals surface area contributed by atoms with E-state index in [0.29, 0.717) is 29.9 Å². The second-order valence-electron chi connectivity index (χ2n) is 7.30. The summed E-state index contributed by atoms with van der Waals surface area (Å²) in [6.45, 7) is 0.500. The molecular weight excluding hydrogens is 302 g/mol. The highest BCUT2D eigenvalue weighted by atomic mass is 35.5. The summed E-state index contributed by atoms with van der Waals surface area (Å²) in [6.07, 6.45) is 7.96. The van der Waals surface area contributed by atoms with Gasteiger partial charge in [-0.05, 0) is 63.8 Å². The van der Waals surface area contributed by atoms with Gasteiger partial charge in [-0.25, -0.2) is 4.79 Å². The third-order valence-electron chi connectivity index (χ3n) is 6.35. The topological polar surface area (TPSA) is 38.8 Å². The quantitative estimate of drug-likeness (QED) is 0.585. The first-order valence-corrected chi connectivity index (χ1v) is 9.10. The number of ether oxygens (including phenoxy) is 2. The molecule has 3 aliphatic rings. The average molecular weight is 330 g/mol. The predicted molar refractivity (Wildman–Crippen MR) is 86.1 cm³/mol. The van der Waals surface area contributed by atoms with E-state index in [2.05, 4.69) is 16.7 Å². The average Bonchev–Trinajstić information content (AvgIpc) is 2.77. The van der Waals surface area contributed by atoms with Crippen molar-refractivity contribution in [2.75, 3.05) is 20.8 Å². The first kappa shape index (κ1) is 16.4. The molecule has 4 atom stereocenters. The molecule has 0 amide bonds. The molecule has 2 saturated heterocycles. The third kappa shape index (κ3) is 3.23. The molecule has 1 aliphatic carbocycles. The van der Waals surface area contributed by atoms with Gasteiger partial charge in [-0.1, -0.05) is 0 Å². The number of methoxy groups -OCH3 is 1. The van der Waals surface area contributed by atoms with Crippen LogP contribution in [0.1, 0.15) is 44.9 Å². The van der Waals surface area contributed by atoms with Crippen LogP contribution in [-0.4, -0.2) is 49.3 Å². The number of fused-ring (bicyclic) bond motifs is 2. The molecule has 1 saturated carbocycles. The number of nitrogens with zero attached hydrogens (tertiary/aromatic N) is 1. The molecule has 3 rings (SSSR count). The third-order valence-corrected chi connectivity index (χ3v) is 6.79. The number of piperidine rings is 1. The van der Waals surface area contributed by atoms with Crippen LogP contribution in [0, 0.1) is 17.8 Å². The van der Waals surface area contributed by atoms with Gasteiger partial charge in [0.25, 0.3) is 0 Å². The van der Waals surface area contributed by atoms with Crippen LogP contribution in [0.25, 0.3) is 0 Å². The van der Waals surface area contributed by atoms with Crippen molar-refractivity contribution in [3.8, 4) is 0 Å². The summed E-state index contributed by atoms with van der Waals surface area (Å²) in [6, 6.07) is 1.28. The van der Waals surface area contributed by atoms with Crippen molar-refractivity contribution in [1.29, 1.82) is 0 Å². The predicted octanol–water partition coefficient (Wildman–Crippen LogP) is 3.67. The molecule has 0 aromatic carbocycles. The van der Waals surface area contributed by atoms with Crippen LogP contribution >= 0.6 is 11.6 Å². The summed E-state index contributed by atoms with van der Waals surface area (Å²) in [5.74, 6) is 1.86. The Hall–Kier alpha value is -0.480. The van der Waals surface area contributed by atoms with E-state index in [4.69, 9.17) is 16.3 Å². The van der Waals surface area contributed by atoms with Crippen molar-refractivity contribution in [2.24, 2.45) is 17.8 Å². The molecule has 0 aromatic rings. The highest BCUT2D eigenvalue weighted by molar-refractivity contribution is 6.20. The van der Waals surface area contributed by atoms with Crippen LogP contribution in [0.5, 0.6) is 0 Å². The molecule has 0 N–H and O–H groups in total. The maximum Gasteiger partial charge on any atom is 0.507 e. The highest BCUT2D eigenvalue weighted by Crippen LogP contribution is 2.48. The molecule has 2 bridgehead atoms. The largest absolute Gasteiger partial charge is 0.507 e. The summed E-state index contributed by atoms with van der Waals surface area (Å²) in [7, 11) is 3.61. The van der Waals surface area contributed by atoms with E-state index in [1.54, 1.807) is 0 Å². The smallest absolute Gasteiger partial charge is 0.438 e. The minimum absolute atomic E-state index is 0.365. The lowest BCUT2D eigenvalue weighted by atomic mass is 9.68. The minimum Gasteiger partial charge on any atom is -0.438 e. The zero-order valence-electron chi connectivity index (χ0n) is 13.7. The van der Waals surface area contributed by atoms with Crippen LogP contribution in [0.15, 0.2) is 0 Å². The summed E-state index contributed by atoms with van der Waals surface area (Å²) >= 11 is 6.28. The van der Waals surface area contributed by atoms with Crippen molar-refractivity contribution in [2.45, 2.75) is 62.4 Å². The van der Waals surface area contributed by atoms with Gasteiger partial charge in [0, 0.05) is 23.4 Å². The molecule has 4 nitrogen and oxygen atoms in total. The number of halogens is 1. The van der Waals surface area contributed by atoms with Gasteiger partial charge in [-0.3, -0.25) is 0 Å². The SMILES string of the molecule is COC(=O)OCC1C2CC[C@H](C[C@@H]1C1CCC(Cl)CC1)N2C. The van der Waals surface area contributed by atoms with Gasteiger partial charge in [0.05, 0.1) is 13.7 Å². The second kappa shape index (κ2) is 6.96. The van der Waals surface area contributed by atoms with Crippen LogP contribution in [-0.2, 0) is 9.47 Å². The maximum atomic E-state index is 11.4. The zero-order valence-corrected chi connectivity index (χ0v) is 14.4. The zero-order chi connectivity index (χ0) is 15.7. The van der Waals surface area contributed by atoms with E-state index >= 15 is 0 Å². The summed E-state index contributed by atoms with van der Waals surface area (Å²) in [4.78, 5) is 13.9. The fourth-order valence-corrected chi connectivity index (χ4v) is 5.37. The number of rotatable bonds is 3. The van der Waals surface area contributed by atoms with Gasteiger partial charge < -0.3 is 14.4 Å². The van der Waals surface area contributed by atoms with E-state index < -0.39 is 6.16 Å². The number of hydrogen-bond donors (Lipinski definition) is 0. The molecule has 0 spiro atoms. The Labute approximate surface area is 138 Å². The Morgan fingerprint density at radius 3 is 2.59 bits per heavy atom. The molecule has 22 heavy (non-hydrogen) atoms. The number of carbonyl (C=O) groups excluding carboxylic acids is 1. The summed E-state index contributed by atoms with van der Waals surface area (Å²) in [5, 5.41) is 0.365. The van der Waals surface area contributed by atoms with Gasteiger partial charge in [0.15, 0.2) is 0 Å². The van der Waals surface area contributed by atoms with Crippen LogP contribution in [0.2, 0.25) is 0 Å². The molecule has 126 valence electrons. The summed E-state index contributed by atoms with van der Waals surface area (Å²) in [5.41, 5.74) is 0. The normalized spacial score (nSPS) is 42.1. The van der Waals surface area contributed by atoms with Gasteiger partial charge in [0.1, 0.15) is 0 Å². The molecule has 2 aliphatic heterocycles. The van der Waals surface area contributed by atoms with E-state index in [1.807, 2.05) is 0 Å². The van der Waals surface area contributed by atoms with E-state index in [-0.39, 0.29) is 0 Å². The van der Waals surface area contributed by atoms with Gasteiger partial charge in [-0.15, -0.1) is 11.6 Å². The van der Waals surface area contributed by atoms with Crippen molar-refractivity contribution in [1.82, 2.24) is 4.90 Å². The first-order chi connectivity index (χ1) is 10.6. The standard InChI is InChI=1S/C17H28ClNO3/c1-19-13-7-8-16(19)15(10-22-17(20)21-2)14(9-13)11-3-5-12(18)6-4-11/h11-16H,3-10H2,1-2H3/t11?,12?,13-,14-,15?,16?/m1/s1. The van der Waals surface area contributed by atoms with Crippen LogP contribution in [0.4, 0.5) is 4.79 Å². The summed E-state index contributed by atoms with van der Waals surface area (Å²) < 4.78 is 10.0. The number of hydrogen-bond acceptors (Lipinski definition) is 4. The van der Waals surface area contributed by atoms with Gasteiger partial charge in [0.2, 0.25) is 0 Å². The van der Waals surface area contributed by atoms with Crippen molar-refractivity contribution in [3.05, 3.63) is 0 Å². The molecule has 3 fully saturated rings. The van der Waals surface area contributed by atoms with E-state index in [0.717, 1.165) is 24.8 Å². The minimum atomic E-state index is -0.550. The second-order valence-corrected chi connectivity index (χ2v) is 7.92. The van der Waals surface area contributed by atoms with Crippen molar-refractivity contribution < 1.29 is 14.3 Å². The van der Waals surface area contributed by atoms with Crippen molar-refractivity contribution >= 4 is 17.8 Å². The first-order valence-electron chi connectivity index (χ1n) is 8.67. The Kier molecular flexibility index (Phi) is 5.18. The van der Waals surface area contributed by atoms with Crippen molar-refractivity contribution in [3.63, 3.8) is 0 Å². The molecule has 2 heterocycles. The van der Waals surface area contributed by atoms with E-state index in [1.165, 1.54) is 39.2 Å². The highest BCUT2D eigenvalue weighted by Gasteiger charge is 2.48. The Morgan fingerprint density at radius 1 is 1.18 bits per heavy atom. The molecule has 2 unspecified atom stereocenters. The Morgan fingerprint density at radius 2 is 1.91 bits per heavy atom. The number of carbonyl (C=O) groups is 1. The number of alkyl halides is 1. The van der Waals surface area contributed by atoms with Gasteiger partial charge >= 0.3 is 6.16 Å². The lowest BCUT2D eigenvalue weighted by Crippen LogP contribution is -2.50. The molecule has 5 heteroatoms. The lowest BCUT2D eigenvalue weighted by Gasteiger charge is -2.46. The molecular formula is C17H28ClNO3. The molecule has 0 aromatic heterocycles. The maximum absolute atomic E-state index is 11.4. The van der Waals surface area contributed by atoms with Crippen LogP contribution in [0.3, 0.4) is 0 Å². The fraction of sp³-hybridized carbons (Fsp3) is 0.941. The Bertz CT molecular complexity index is 397. The van der Waals surface area contributed by atoms with Crippen LogP contribution < -0.4 is 0 Å². The van der Waals surface area contributed by atoms with E-state index in [9.17, 15) is 4.79 Å². The molecule has 0 radical (unpaired) electrons. The monoisotopic (exact) mass is 329 g/mol. The van der Waals surface area contributed by atoms with Gasteiger partial charge in [-0.2, -0.15) is 0 Å². The fourth-order valence-electron chi connectivity index (χ4n) is 5.12.